The molecule has 0 heterocycles. The van der Waals surface area contributed by atoms with Crippen molar-refractivity contribution in [3.8, 4) is 0 Å². The third kappa shape index (κ3) is 61.2. The quantitative estimate of drug-likeness (QED) is 0.0320. The van der Waals surface area contributed by atoms with Crippen LogP contribution in [0.3, 0.4) is 0 Å². The van der Waals surface area contributed by atoms with Gasteiger partial charge in [-0.1, -0.05) is 314 Å². The van der Waals surface area contributed by atoms with Crippen LogP contribution in [0.2, 0.25) is 0 Å². The fourth-order valence-electron chi connectivity index (χ4n) is 10.5. The second-order valence-electron chi connectivity index (χ2n) is 23.1. The van der Waals surface area contributed by atoms with E-state index in [0.29, 0.717) is 25.9 Å². The topological polar surface area (TPSA) is 95.9 Å². The number of aliphatic hydroxyl groups excluding tert-OH is 2. The zero-order valence-corrected chi connectivity index (χ0v) is 50.5. The van der Waals surface area contributed by atoms with Gasteiger partial charge in [-0.25, -0.2) is 0 Å². The molecule has 0 aromatic heterocycles. The minimum Gasteiger partial charge on any atom is -0.466 e. The predicted octanol–water partition coefficient (Wildman–Crippen LogP) is 21.5. The molecule has 0 aliphatic carbocycles. The number of hydrogen-bond acceptors (Lipinski definition) is 5. The van der Waals surface area contributed by atoms with Crippen LogP contribution >= 0.6 is 0 Å². The monoisotopic (exact) mass is 1050 g/mol. The number of carbonyl (C=O) groups excluding carboxylic acids is 2. The lowest BCUT2D eigenvalue weighted by Gasteiger charge is -2.22. The molecule has 0 aromatic rings. The molecular formula is C69H131NO5. The zero-order chi connectivity index (χ0) is 54.3. The molecule has 75 heavy (non-hydrogen) atoms. The van der Waals surface area contributed by atoms with Gasteiger partial charge in [0.2, 0.25) is 5.91 Å². The van der Waals surface area contributed by atoms with Gasteiger partial charge in [-0.15, -0.1) is 0 Å². The first-order valence-electron chi connectivity index (χ1n) is 33.7. The van der Waals surface area contributed by atoms with E-state index in [4.69, 9.17) is 4.74 Å². The van der Waals surface area contributed by atoms with Crippen LogP contribution in [0.1, 0.15) is 367 Å². The largest absolute Gasteiger partial charge is 0.466 e. The van der Waals surface area contributed by atoms with Gasteiger partial charge in [0.15, 0.2) is 0 Å². The van der Waals surface area contributed by atoms with Gasteiger partial charge in [-0.2, -0.15) is 0 Å². The van der Waals surface area contributed by atoms with E-state index in [0.717, 1.165) is 51.4 Å². The van der Waals surface area contributed by atoms with Gasteiger partial charge < -0.3 is 20.3 Å². The Bertz CT molecular complexity index is 1210. The van der Waals surface area contributed by atoms with Crippen molar-refractivity contribution < 1.29 is 24.5 Å². The highest BCUT2D eigenvalue weighted by molar-refractivity contribution is 5.76. The lowest BCUT2D eigenvalue weighted by molar-refractivity contribution is -0.143. The van der Waals surface area contributed by atoms with Crippen LogP contribution in [0.5, 0.6) is 0 Å². The summed E-state index contributed by atoms with van der Waals surface area (Å²) in [5.41, 5.74) is 0. The number of carbonyl (C=O) groups is 2. The molecular weight excluding hydrogens is 923 g/mol. The maximum Gasteiger partial charge on any atom is 0.305 e. The van der Waals surface area contributed by atoms with Crippen LogP contribution in [0, 0.1) is 0 Å². The van der Waals surface area contributed by atoms with Gasteiger partial charge in [0, 0.05) is 12.8 Å². The van der Waals surface area contributed by atoms with Crippen molar-refractivity contribution in [3.05, 3.63) is 36.5 Å². The highest BCUT2D eigenvalue weighted by Crippen LogP contribution is 2.18. The molecule has 2 atom stereocenters. The molecule has 0 fully saturated rings. The van der Waals surface area contributed by atoms with E-state index in [1.807, 2.05) is 0 Å². The first kappa shape index (κ1) is 73.1. The van der Waals surface area contributed by atoms with E-state index in [2.05, 4.69) is 55.6 Å². The average molecular weight is 1050 g/mol. The second kappa shape index (κ2) is 64.6. The summed E-state index contributed by atoms with van der Waals surface area (Å²) in [6.07, 6.45) is 81.9. The number of esters is 1. The van der Waals surface area contributed by atoms with Crippen LogP contribution in [-0.2, 0) is 14.3 Å². The normalized spacial score (nSPS) is 12.7. The molecule has 2 unspecified atom stereocenters. The van der Waals surface area contributed by atoms with Crippen molar-refractivity contribution in [2.45, 2.75) is 379 Å². The molecule has 0 saturated heterocycles. The van der Waals surface area contributed by atoms with Crippen molar-refractivity contribution >= 4 is 11.9 Å². The van der Waals surface area contributed by atoms with Crippen LogP contribution in [0.4, 0.5) is 0 Å². The highest BCUT2D eigenvalue weighted by Gasteiger charge is 2.20. The number of ether oxygens (including phenoxy) is 1. The molecule has 0 radical (unpaired) electrons. The summed E-state index contributed by atoms with van der Waals surface area (Å²) in [4.78, 5) is 24.5. The number of rotatable bonds is 63. The molecule has 0 aromatic carbocycles. The number of aliphatic hydroxyl groups is 2. The zero-order valence-electron chi connectivity index (χ0n) is 50.5. The summed E-state index contributed by atoms with van der Waals surface area (Å²) < 4.78 is 5.48. The summed E-state index contributed by atoms with van der Waals surface area (Å²) in [6, 6.07) is -0.539. The Labute approximate surface area is 468 Å². The third-order valence-corrected chi connectivity index (χ3v) is 15.7. The van der Waals surface area contributed by atoms with Gasteiger partial charge >= 0.3 is 5.97 Å². The van der Waals surface area contributed by atoms with Crippen molar-refractivity contribution in [1.29, 1.82) is 0 Å². The molecule has 1 amide bonds. The molecule has 0 bridgehead atoms. The maximum absolute atomic E-state index is 12.5. The van der Waals surface area contributed by atoms with Crippen LogP contribution in [0.15, 0.2) is 36.5 Å². The van der Waals surface area contributed by atoms with Crippen molar-refractivity contribution in [2.75, 3.05) is 13.2 Å². The van der Waals surface area contributed by atoms with Crippen LogP contribution in [0.25, 0.3) is 0 Å². The first-order chi connectivity index (χ1) is 37.0. The first-order valence-corrected chi connectivity index (χ1v) is 33.7. The standard InChI is InChI=1S/C69H131NO5/c1-3-5-7-9-11-13-15-17-39-43-47-51-55-59-63-69(74)75-64-60-56-52-48-44-40-36-34-32-30-28-26-24-22-20-18-19-21-23-25-27-29-31-33-35-38-42-46-50-54-58-62-68(73)70-66(65-71)67(72)61-57-53-49-45-41-37-16-14-12-10-8-6-4-2/h9,11,15,17,20,22,66-67,71-72H,3-8,10,12-14,16,18-19,21,23-65H2,1-2H3,(H,70,73)/b11-9-,17-15-,22-20-. The highest BCUT2D eigenvalue weighted by atomic mass is 16.5. The van der Waals surface area contributed by atoms with E-state index in [9.17, 15) is 19.8 Å². The summed E-state index contributed by atoms with van der Waals surface area (Å²) >= 11 is 0. The molecule has 3 N–H and O–H groups in total. The van der Waals surface area contributed by atoms with Crippen molar-refractivity contribution in [3.63, 3.8) is 0 Å². The number of nitrogens with one attached hydrogen (secondary N) is 1. The van der Waals surface area contributed by atoms with Gasteiger partial charge in [0.1, 0.15) is 0 Å². The Morgan fingerprint density at radius 2 is 0.680 bits per heavy atom. The Balaban J connectivity index is 3.35. The van der Waals surface area contributed by atoms with Gasteiger partial charge in [0.25, 0.3) is 0 Å². The van der Waals surface area contributed by atoms with E-state index >= 15 is 0 Å². The van der Waals surface area contributed by atoms with Gasteiger partial charge in [-0.3, -0.25) is 9.59 Å². The van der Waals surface area contributed by atoms with Crippen LogP contribution < -0.4 is 5.32 Å². The molecule has 442 valence electrons. The number of hydrogen-bond donors (Lipinski definition) is 3. The molecule has 0 aliphatic heterocycles. The summed E-state index contributed by atoms with van der Waals surface area (Å²) in [6.45, 7) is 4.92. The number of allylic oxidation sites excluding steroid dienone is 6. The molecule has 6 nitrogen and oxygen atoms in total. The third-order valence-electron chi connectivity index (χ3n) is 15.7. The van der Waals surface area contributed by atoms with Crippen molar-refractivity contribution in [2.24, 2.45) is 0 Å². The second-order valence-corrected chi connectivity index (χ2v) is 23.1. The van der Waals surface area contributed by atoms with E-state index in [-0.39, 0.29) is 18.5 Å². The minimum absolute atomic E-state index is 0.00312. The summed E-state index contributed by atoms with van der Waals surface area (Å²) in [5.74, 6) is -0.0284. The lowest BCUT2D eigenvalue weighted by atomic mass is 10.0. The maximum atomic E-state index is 12.5. The average Bonchev–Trinajstić information content (AvgIpc) is 3.41. The molecule has 0 rings (SSSR count). The smallest absolute Gasteiger partial charge is 0.305 e. The minimum atomic E-state index is -0.662. The SMILES string of the molecule is CCCC/C=C\C/C=C\CCCCCCCC(=O)OCCCCCCCCCCCCCC/C=C\CCCCCCCCCCCCCCCCCC(=O)NC(CO)C(O)CCCCCCCCCCCCCCC. The fourth-order valence-corrected chi connectivity index (χ4v) is 10.5. The van der Waals surface area contributed by atoms with Gasteiger partial charge in [-0.05, 0) is 77.0 Å². The fraction of sp³-hybridized carbons (Fsp3) is 0.884. The number of amides is 1. The lowest BCUT2D eigenvalue weighted by Crippen LogP contribution is -2.45. The van der Waals surface area contributed by atoms with E-state index in [1.54, 1.807) is 0 Å². The Kier molecular flexibility index (Phi) is 63.0. The van der Waals surface area contributed by atoms with E-state index < -0.39 is 12.1 Å². The van der Waals surface area contributed by atoms with Crippen molar-refractivity contribution in [1.82, 2.24) is 5.32 Å². The van der Waals surface area contributed by atoms with Gasteiger partial charge in [0.05, 0.1) is 25.4 Å². The molecule has 0 spiro atoms. The van der Waals surface area contributed by atoms with Crippen LogP contribution in [-0.4, -0.2) is 47.4 Å². The summed E-state index contributed by atoms with van der Waals surface area (Å²) in [5, 5.41) is 23.3. The van der Waals surface area contributed by atoms with E-state index in [1.165, 1.54) is 283 Å². The molecule has 0 aliphatic rings. The Morgan fingerprint density at radius 3 is 1.07 bits per heavy atom. The Hall–Kier alpha value is -1.92. The predicted molar refractivity (Wildman–Crippen MR) is 329 cm³/mol. The Morgan fingerprint density at radius 1 is 0.373 bits per heavy atom. The number of unbranched alkanes of at least 4 members (excludes halogenated alkanes) is 46. The molecule has 0 saturated carbocycles. The summed E-state index contributed by atoms with van der Waals surface area (Å²) in [7, 11) is 0. The molecule has 6 heteroatoms.